The van der Waals surface area contributed by atoms with E-state index in [1.165, 1.54) is 0 Å². The van der Waals surface area contributed by atoms with E-state index in [0.29, 0.717) is 23.3 Å². The summed E-state index contributed by atoms with van der Waals surface area (Å²) >= 11 is 5.56. The van der Waals surface area contributed by atoms with Gasteiger partial charge in [0.05, 0.1) is 37.3 Å². The Morgan fingerprint density at radius 3 is 2.14 bits per heavy atom. The molecule has 0 heterocycles. The first kappa shape index (κ1) is 14.2. The predicted molar refractivity (Wildman–Crippen MR) is 56.4 cm³/mol. The Morgan fingerprint density at radius 1 is 1.21 bits per heavy atom. The third-order valence-corrected chi connectivity index (χ3v) is 3.11. The van der Waals surface area contributed by atoms with Crippen LogP contribution in [0.1, 0.15) is 12.8 Å². The number of rotatable bonds is 7. The van der Waals surface area contributed by atoms with Gasteiger partial charge in [-0.1, -0.05) is 0 Å². The number of hydrogen-bond acceptors (Lipinski definition) is 3. The molecular weight excluding hydrogens is 226 g/mol. The summed E-state index contributed by atoms with van der Waals surface area (Å²) < 4.78 is 31.8. The topological polar surface area (TPSA) is 57.2 Å². The van der Waals surface area contributed by atoms with Gasteiger partial charge in [0.25, 0.3) is 0 Å². The Hall–Kier alpha value is 0.160. The monoisotopic (exact) mass is 243 g/mol. The molecule has 0 aliphatic rings. The van der Waals surface area contributed by atoms with E-state index in [1.54, 1.807) is 0 Å². The van der Waals surface area contributed by atoms with E-state index in [2.05, 4.69) is 0 Å². The van der Waals surface area contributed by atoms with Gasteiger partial charge in [-0.05, 0) is 0 Å². The Morgan fingerprint density at radius 2 is 1.71 bits per heavy atom. The van der Waals surface area contributed by atoms with Gasteiger partial charge in [0.1, 0.15) is 0 Å². The van der Waals surface area contributed by atoms with Crippen LogP contribution in [0.15, 0.2) is 0 Å². The van der Waals surface area contributed by atoms with Gasteiger partial charge >= 0.3 is 0 Å². The van der Waals surface area contributed by atoms with Crippen molar-refractivity contribution >= 4 is 21.7 Å². The molecule has 14 heavy (non-hydrogen) atoms. The molecule has 0 atom stereocenters. The SMILES string of the molecule is C[N+](C)(CCCCl)CCCS(=O)(=O)[O-]. The summed E-state index contributed by atoms with van der Waals surface area (Å²) in [4.78, 5) is 0. The molecule has 0 saturated carbocycles. The third-order valence-electron chi connectivity index (χ3n) is 2.05. The Kier molecular flexibility index (Phi) is 5.97. The van der Waals surface area contributed by atoms with Gasteiger partial charge in [-0.15, -0.1) is 11.6 Å². The molecule has 0 bridgehead atoms. The highest BCUT2D eigenvalue weighted by atomic mass is 35.5. The first-order chi connectivity index (χ1) is 6.27. The van der Waals surface area contributed by atoms with E-state index in [-0.39, 0.29) is 5.75 Å². The highest BCUT2D eigenvalue weighted by Gasteiger charge is 2.14. The Balaban J connectivity index is 3.76. The fourth-order valence-electron chi connectivity index (χ4n) is 1.27. The van der Waals surface area contributed by atoms with Crippen molar-refractivity contribution in [3.63, 3.8) is 0 Å². The first-order valence-corrected chi connectivity index (χ1v) is 6.69. The zero-order valence-corrected chi connectivity index (χ0v) is 10.3. The van der Waals surface area contributed by atoms with Gasteiger partial charge in [-0.3, -0.25) is 0 Å². The average Bonchev–Trinajstić information content (AvgIpc) is 1.98. The number of hydrogen-bond donors (Lipinski definition) is 0. The number of halogens is 1. The molecule has 0 N–H and O–H groups in total. The summed E-state index contributed by atoms with van der Waals surface area (Å²) in [6, 6.07) is 0. The summed E-state index contributed by atoms with van der Waals surface area (Å²) in [5, 5.41) is 0. The van der Waals surface area contributed by atoms with Gasteiger partial charge in [0, 0.05) is 24.5 Å². The molecule has 0 saturated heterocycles. The summed E-state index contributed by atoms with van der Waals surface area (Å²) in [5.74, 6) is 0.344. The second-order valence-corrected chi connectivity index (χ2v) is 5.94. The molecule has 0 aliphatic heterocycles. The minimum Gasteiger partial charge on any atom is -0.748 e. The Bertz CT molecular complexity index is 251. The van der Waals surface area contributed by atoms with Crippen molar-refractivity contribution in [1.29, 1.82) is 0 Å². The second-order valence-electron chi connectivity index (χ2n) is 4.04. The molecule has 0 aromatic rings. The Labute approximate surface area is 91.2 Å². The average molecular weight is 244 g/mol. The molecule has 0 fully saturated rings. The number of quaternary nitrogens is 1. The summed E-state index contributed by atoms with van der Waals surface area (Å²) in [5.41, 5.74) is 0. The lowest BCUT2D eigenvalue weighted by atomic mass is 10.3. The van der Waals surface area contributed by atoms with Crippen LogP contribution >= 0.6 is 11.6 Å². The maximum atomic E-state index is 10.3. The van der Waals surface area contributed by atoms with E-state index < -0.39 is 10.1 Å². The van der Waals surface area contributed by atoms with E-state index >= 15 is 0 Å². The largest absolute Gasteiger partial charge is 0.748 e. The number of nitrogens with zero attached hydrogens (tertiary/aromatic N) is 1. The molecule has 0 spiro atoms. The fourth-order valence-corrected chi connectivity index (χ4v) is 1.87. The van der Waals surface area contributed by atoms with Gasteiger partial charge in [-0.25, -0.2) is 8.42 Å². The van der Waals surface area contributed by atoms with E-state index in [4.69, 9.17) is 11.6 Å². The van der Waals surface area contributed by atoms with Crippen molar-refractivity contribution in [3.8, 4) is 0 Å². The van der Waals surface area contributed by atoms with Crippen molar-refractivity contribution < 1.29 is 17.5 Å². The lowest BCUT2D eigenvalue weighted by molar-refractivity contribution is -0.890. The summed E-state index contributed by atoms with van der Waals surface area (Å²) in [6.07, 6.45) is 1.32. The smallest absolute Gasteiger partial charge is 0.0948 e. The quantitative estimate of drug-likeness (QED) is 0.374. The maximum absolute atomic E-state index is 10.3. The van der Waals surface area contributed by atoms with Crippen LogP contribution in [-0.4, -0.2) is 56.3 Å². The van der Waals surface area contributed by atoms with Crippen molar-refractivity contribution in [3.05, 3.63) is 0 Å². The molecule has 0 aromatic carbocycles. The van der Waals surface area contributed by atoms with Crippen LogP contribution in [0.3, 0.4) is 0 Å². The van der Waals surface area contributed by atoms with Crippen molar-refractivity contribution in [2.24, 2.45) is 0 Å². The van der Waals surface area contributed by atoms with Crippen LogP contribution in [0.2, 0.25) is 0 Å². The maximum Gasteiger partial charge on any atom is 0.0948 e. The van der Waals surface area contributed by atoms with E-state index in [1.807, 2.05) is 14.1 Å². The van der Waals surface area contributed by atoms with Crippen molar-refractivity contribution in [2.75, 3.05) is 38.8 Å². The molecular formula is C8H18ClNO3S. The molecule has 86 valence electrons. The van der Waals surface area contributed by atoms with E-state index in [9.17, 15) is 13.0 Å². The third kappa shape index (κ3) is 8.74. The standard InChI is InChI=1S/C8H18ClNO3S/c1-10(2,6-3-5-9)7-4-8-14(11,12)13/h3-8H2,1-2H3. The molecule has 0 radical (unpaired) electrons. The minimum absolute atomic E-state index is 0.268. The molecule has 0 unspecified atom stereocenters. The molecule has 0 rings (SSSR count). The van der Waals surface area contributed by atoms with Crippen LogP contribution < -0.4 is 0 Å². The van der Waals surface area contributed by atoms with Crippen LogP contribution in [0.5, 0.6) is 0 Å². The molecule has 0 aromatic heterocycles. The van der Waals surface area contributed by atoms with Gasteiger partial charge < -0.3 is 9.04 Å². The number of alkyl halides is 1. The van der Waals surface area contributed by atoms with Gasteiger partial charge in [0.15, 0.2) is 0 Å². The van der Waals surface area contributed by atoms with Gasteiger partial charge in [0.2, 0.25) is 0 Å². The highest BCUT2D eigenvalue weighted by molar-refractivity contribution is 7.85. The van der Waals surface area contributed by atoms with Crippen LogP contribution in [-0.2, 0) is 10.1 Å². The molecule has 0 amide bonds. The predicted octanol–water partition coefficient (Wildman–Crippen LogP) is 0.627. The molecule has 0 aliphatic carbocycles. The zero-order chi connectivity index (χ0) is 11.2. The highest BCUT2D eigenvalue weighted by Crippen LogP contribution is 2.03. The lowest BCUT2D eigenvalue weighted by Gasteiger charge is -2.29. The molecule has 4 nitrogen and oxygen atoms in total. The lowest BCUT2D eigenvalue weighted by Crippen LogP contribution is -2.42. The van der Waals surface area contributed by atoms with Crippen LogP contribution in [0.25, 0.3) is 0 Å². The van der Waals surface area contributed by atoms with Crippen molar-refractivity contribution in [1.82, 2.24) is 0 Å². The van der Waals surface area contributed by atoms with Crippen LogP contribution in [0.4, 0.5) is 0 Å². The van der Waals surface area contributed by atoms with Gasteiger partial charge in [-0.2, -0.15) is 0 Å². The van der Waals surface area contributed by atoms with Crippen molar-refractivity contribution in [2.45, 2.75) is 12.8 Å². The second kappa shape index (κ2) is 5.90. The minimum atomic E-state index is -4.05. The van der Waals surface area contributed by atoms with Crippen LogP contribution in [0, 0.1) is 0 Å². The van der Waals surface area contributed by atoms with E-state index in [0.717, 1.165) is 13.0 Å². The fraction of sp³-hybridized carbons (Fsp3) is 1.00. The normalized spacial score (nSPS) is 13.1. The first-order valence-electron chi connectivity index (χ1n) is 4.58. The molecule has 6 heteroatoms. The zero-order valence-electron chi connectivity index (χ0n) is 8.70. The summed E-state index contributed by atoms with van der Waals surface area (Å²) in [6.45, 7) is 1.60. The summed E-state index contributed by atoms with van der Waals surface area (Å²) in [7, 11) is -0.0452.